The number of methoxy groups -OCH3 is 2. The first kappa shape index (κ1) is 31.6. The van der Waals surface area contributed by atoms with Crippen molar-refractivity contribution in [1.29, 1.82) is 0 Å². The van der Waals surface area contributed by atoms with E-state index in [1.54, 1.807) is 19.2 Å². The van der Waals surface area contributed by atoms with E-state index >= 15 is 0 Å². The highest BCUT2D eigenvalue weighted by molar-refractivity contribution is 7.17. The molecule has 9 heteroatoms. The van der Waals surface area contributed by atoms with E-state index in [2.05, 4.69) is 27.2 Å². The van der Waals surface area contributed by atoms with Crippen molar-refractivity contribution in [2.45, 2.75) is 82.5 Å². The number of piperidine rings is 1. The molecule has 0 spiro atoms. The van der Waals surface area contributed by atoms with Crippen LogP contribution in [0.15, 0.2) is 48.5 Å². The van der Waals surface area contributed by atoms with Gasteiger partial charge in [-0.1, -0.05) is 36.3 Å². The van der Waals surface area contributed by atoms with Gasteiger partial charge in [0.2, 0.25) is 0 Å². The van der Waals surface area contributed by atoms with E-state index in [-0.39, 0.29) is 12.1 Å². The Balaban J connectivity index is 1.01. The maximum atomic E-state index is 11.7. The Hall–Kier alpha value is -2.85. The summed E-state index contributed by atoms with van der Waals surface area (Å²) in [5.74, 6) is 0.554. The van der Waals surface area contributed by atoms with Gasteiger partial charge in [-0.2, -0.15) is 0 Å². The summed E-state index contributed by atoms with van der Waals surface area (Å²) in [5, 5.41) is 10.4. The summed E-state index contributed by atoms with van der Waals surface area (Å²) in [5.41, 5.74) is 2.45. The van der Waals surface area contributed by atoms with Gasteiger partial charge < -0.3 is 23.8 Å². The minimum Gasteiger partial charge on any atom is -0.490 e. The lowest BCUT2D eigenvalue weighted by atomic mass is 9.90. The third-order valence-electron chi connectivity index (χ3n) is 8.62. The average molecular weight is 608 g/mol. The first-order chi connectivity index (χ1) is 21.1. The molecule has 2 aliphatic rings. The number of carbonyl (C=O) groups is 1. The Kier molecular flexibility index (Phi) is 12.0. The molecule has 0 N–H and O–H groups in total. The number of hydrogen-bond donors (Lipinski definition) is 0. The summed E-state index contributed by atoms with van der Waals surface area (Å²) in [6.07, 6.45) is 12.5. The van der Waals surface area contributed by atoms with E-state index in [1.807, 2.05) is 24.3 Å². The van der Waals surface area contributed by atoms with Crippen LogP contribution in [0.3, 0.4) is 0 Å². The van der Waals surface area contributed by atoms with E-state index < -0.39 is 0 Å². The van der Waals surface area contributed by atoms with Crippen molar-refractivity contribution in [3.8, 4) is 26.9 Å². The molecule has 3 aromatic rings. The lowest BCUT2D eigenvalue weighted by Gasteiger charge is -2.40. The van der Waals surface area contributed by atoms with Gasteiger partial charge in [-0.3, -0.25) is 0 Å². The molecule has 2 aromatic carbocycles. The maximum absolute atomic E-state index is 11.7. The molecule has 1 saturated heterocycles. The molecular formula is C34H45N3O5S. The first-order valence-electron chi connectivity index (χ1n) is 15.8. The predicted molar refractivity (Wildman–Crippen MR) is 170 cm³/mol. The topological polar surface area (TPSA) is 83.0 Å². The second kappa shape index (κ2) is 16.3. The Morgan fingerprint density at radius 2 is 1.37 bits per heavy atom. The first-order valence-corrected chi connectivity index (χ1v) is 16.6. The summed E-state index contributed by atoms with van der Waals surface area (Å²) in [7, 11) is 3.15. The quantitative estimate of drug-likeness (QED) is 0.143. The molecule has 0 atom stereocenters. The highest BCUT2D eigenvalue weighted by Crippen LogP contribution is 2.32. The number of rotatable bonds is 14. The third kappa shape index (κ3) is 9.08. The normalized spacial score (nSPS) is 19.8. The molecule has 2 heterocycles. The highest BCUT2D eigenvalue weighted by atomic mass is 32.1. The number of ether oxygens (including phenoxy) is 4. The minimum absolute atomic E-state index is 0.256. The fourth-order valence-electron chi connectivity index (χ4n) is 6.08. The summed E-state index contributed by atoms with van der Waals surface area (Å²) in [6, 6.07) is 16.1. The molecule has 0 radical (unpaired) electrons. The second-order valence-corrected chi connectivity index (χ2v) is 12.5. The van der Waals surface area contributed by atoms with Crippen LogP contribution < -0.4 is 4.74 Å². The van der Waals surface area contributed by atoms with E-state index in [4.69, 9.17) is 18.9 Å². The van der Waals surface area contributed by atoms with Gasteiger partial charge in [-0.15, -0.1) is 10.2 Å². The van der Waals surface area contributed by atoms with Crippen LogP contribution in [0.1, 0.15) is 74.6 Å². The van der Waals surface area contributed by atoms with Gasteiger partial charge in [0.05, 0.1) is 18.8 Å². The number of esters is 1. The van der Waals surface area contributed by atoms with Crippen LogP contribution in [0.2, 0.25) is 0 Å². The van der Waals surface area contributed by atoms with Crippen molar-refractivity contribution in [3.05, 3.63) is 54.1 Å². The Morgan fingerprint density at radius 3 is 1.98 bits per heavy atom. The van der Waals surface area contributed by atoms with E-state index in [0.717, 1.165) is 72.5 Å². The molecule has 0 amide bonds. The molecule has 1 aliphatic heterocycles. The Morgan fingerprint density at radius 1 is 0.767 bits per heavy atom. The summed E-state index contributed by atoms with van der Waals surface area (Å²) >= 11 is 1.53. The largest absolute Gasteiger partial charge is 0.490 e. The molecule has 1 aromatic heterocycles. The number of benzene rings is 2. The van der Waals surface area contributed by atoms with Gasteiger partial charge in [0.1, 0.15) is 21.9 Å². The number of unbranched alkanes of at least 4 members (excludes halogenated alkanes) is 3. The zero-order valence-corrected chi connectivity index (χ0v) is 26.4. The maximum Gasteiger partial charge on any atom is 0.337 e. The Bertz CT molecular complexity index is 1250. The van der Waals surface area contributed by atoms with Crippen LogP contribution in [0, 0.1) is 0 Å². The van der Waals surface area contributed by atoms with Crippen LogP contribution in [-0.2, 0) is 14.2 Å². The fourth-order valence-corrected chi connectivity index (χ4v) is 6.93. The molecule has 1 saturated carbocycles. The van der Waals surface area contributed by atoms with Crippen LogP contribution in [-0.4, -0.2) is 79.8 Å². The van der Waals surface area contributed by atoms with Crippen LogP contribution in [0.4, 0.5) is 0 Å². The Labute approximate surface area is 259 Å². The number of likely N-dealkylation sites (tertiary alicyclic amines) is 1. The lowest BCUT2D eigenvalue weighted by molar-refractivity contribution is -0.00422. The third-order valence-corrected chi connectivity index (χ3v) is 9.64. The molecular weight excluding hydrogens is 562 g/mol. The average Bonchev–Trinajstić information content (AvgIpc) is 3.56. The van der Waals surface area contributed by atoms with E-state index in [9.17, 15) is 4.79 Å². The van der Waals surface area contributed by atoms with Crippen molar-refractivity contribution in [3.63, 3.8) is 0 Å². The molecule has 0 unspecified atom stereocenters. The van der Waals surface area contributed by atoms with Crippen molar-refractivity contribution in [2.24, 2.45) is 0 Å². The van der Waals surface area contributed by atoms with Gasteiger partial charge in [-0.05, 0) is 87.8 Å². The van der Waals surface area contributed by atoms with Crippen molar-refractivity contribution < 1.29 is 23.7 Å². The standard InChI is InChI=1S/C34H45N3O5S/c1-39-23-5-3-4-6-24-41-29-17-13-28(14-18-29)37-21-19-31(20-22-37)42-30-15-11-26(12-16-30)33-36-35-32(43-33)25-7-9-27(10-8-25)34(38)40-2/h7-12,15-16,28-29,31H,3-6,13-14,17-24H2,1-2H3. The minimum atomic E-state index is -0.350. The van der Waals surface area contributed by atoms with Crippen molar-refractivity contribution in [1.82, 2.24) is 15.1 Å². The van der Waals surface area contributed by atoms with E-state index in [0.29, 0.717) is 17.7 Å². The zero-order valence-electron chi connectivity index (χ0n) is 25.5. The molecule has 1 aliphatic carbocycles. The lowest BCUT2D eigenvalue weighted by Crippen LogP contribution is -2.46. The number of hydrogen-bond acceptors (Lipinski definition) is 9. The summed E-state index contributed by atoms with van der Waals surface area (Å²) < 4.78 is 22.5. The summed E-state index contributed by atoms with van der Waals surface area (Å²) in [4.78, 5) is 14.4. The molecule has 232 valence electrons. The molecule has 8 nitrogen and oxygen atoms in total. The zero-order chi connectivity index (χ0) is 29.9. The molecule has 2 fully saturated rings. The smallest absolute Gasteiger partial charge is 0.337 e. The van der Waals surface area contributed by atoms with Crippen LogP contribution >= 0.6 is 11.3 Å². The molecule has 43 heavy (non-hydrogen) atoms. The molecule has 0 bridgehead atoms. The predicted octanol–water partition coefficient (Wildman–Crippen LogP) is 7.04. The van der Waals surface area contributed by atoms with Gasteiger partial charge >= 0.3 is 5.97 Å². The molecule has 5 rings (SSSR count). The van der Waals surface area contributed by atoms with Gasteiger partial charge in [0, 0.05) is 50.6 Å². The van der Waals surface area contributed by atoms with Crippen molar-refractivity contribution in [2.75, 3.05) is 40.5 Å². The van der Waals surface area contributed by atoms with Crippen LogP contribution in [0.5, 0.6) is 5.75 Å². The SMILES string of the molecule is COCCCCCCOC1CCC(N2CCC(Oc3ccc(-c4nnc(-c5ccc(C(=O)OC)cc5)s4)cc3)CC2)CC1. The van der Waals surface area contributed by atoms with E-state index in [1.165, 1.54) is 63.4 Å². The number of aromatic nitrogens is 2. The van der Waals surface area contributed by atoms with Crippen LogP contribution in [0.25, 0.3) is 21.1 Å². The van der Waals surface area contributed by atoms with Gasteiger partial charge in [-0.25, -0.2) is 4.79 Å². The van der Waals surface area contributed by atoms with Crippen molar-refractivity contribution >= 4 is 17.3 Å². The monoisotopic (exact) mass is 607 g/mol. The number of carbonyl (C=O) groups excluding carboxylic acids is 1. The number of nitrogens with zero attached hydrogens (tertiary/aromatic N) is 3. The fraction of sp³-hybridized carbons (Fsp3) is 0.559. The van der Waals surface area contributed by atoms with Gasteiger partial charge in [0.15, 0.2) is 0 Å². The highest BCUT2D eigenvalue weighted by Gasteiger charge is 2.30. The van der Waals surface area contributed by atoms with Gasteiger partial charge in [0.25, 0.3) is 0 Å². The summed E-state index contributed by atoms with van der Waals surface area (Å²) in [6.45, 7) is 3.99. The second-order valence-electron chi connectivity index (χ2n) is 11.6.